The maximum atomic E-state index is 12.5. The van der Waals surface area contributed by atoms with Crippen LogP contribution in [0.25, 0.3) is 0 Å². The number of aryl methyl sites for hydroxylation is 1. The Bertz CT molecular complexity index is 781. The number of benzene rings is 1. The number of carboxylic acids is 1. The highest BCUT2D eigenvalue weighted by Gasteiger charge is 2.19. The van der Waals surface area contributed by atoms with Crippen molar-refractivity contribution in [1.29, 1.82) is 0 Å². The number of hydrogen-bond acceptors (Lipinski definition) is 4. The topological polar surface area (TPSA) is 75.6 Å². The molecular weight excluding hydrogens is 326 g/mol. The summed E-state index contributed by atoms with van der Waals surface area (Å²) in [6, 6.07) is 6.56. The standard InChI is InChI=1S/C18H19NO4S/c1-11-14-7-2-3-8-15(14)24-18(11)19-17(22)12-5-4-6-13(9-12)23-10-16(20)21/h4-6,9H,2-3,7-8,10H2,1H3,(H,19,22)(H,20,21). The summed E-state index contributed by atoms with van der Waals surface area (Å²) in [5, 5.41) is 12.5. The zero-order chi connectivity index (χ0) is 17.1. The van der Waals surface area contributed by atoms with E-state index in [0.29, 0.717) is 11.3 Å². The number of fused-ring (bicyclic) bond motifs is 1. The lowest BCUT2D eigenvalue weighted by Gasteiger charge is -2.10. The summed E-state index contributed by atoms with van der Waals surface area (Å²) in [5.74, 6) is -0.894. The van der Waals surface area contributed by atoms with Crippen LogP contribution in [0.4, 0.5) is 5.00 Å². The zero-order valence-corrected chi connectivity index (χ0v) is 14.2. The molecule has 0 bridgehead atoms. The van der Waals surface area contributed by atoms with E-state index in [-0.39, 0.29) is 5.91 Å². The van der Waals surface area contributed by atoms with Crippen molar-refractivity contribution in [1.82, 2.24) is 0 Å². The molecule has 1 heterocycles. The second kappa shape index (κ2) is 7.05. The second-order valence-electron chi connectivity index (χ2n) is 5.83. The quantitative estimate of drug-likeness (QED) is 0.867. The number of carboxylic acid groups (broad SMARTS) is 1. The minimum atomic E-state index is -1.05. The molecule has 6 heteroatoms. The lowest BCUT2D eigenvalue weighted by Crippen LogP contribution is -2.13. The number of ether oxygens (including phenoxy) is 1. The van der Waals surface area contributed by atoms with Gasteiger partial charge in [0, 0.05) is 10.4 Å². The highest BCUT2D eigenvalue weighted by atomic mass is 32.1. The molecule has 1 amide bonds. The number of amides is 1. The Labute approximate surface area is 144 Å². The first kappa shape index (κ1) is 16.5. The number of hydrogen-bond donors (Lipinski definition) is 2. The molecular formula is C18H19NO4S. The average Bonchev–Trinajstić information content (AvgIpc) is 2.89. The van der Waals surface area contributed by atoms with Crippen LogP contribution in [0.5, 0.6) is 5.75 Å². The Morgan fingerprint density at radius 2 is 2.08 bits per heavy atom. The number of aliphatic carboxylic acids is 1. The number of carbonyl (C=O) groups excluding carboxylic acids is 1. The van der Waals surface area contributed by atoms with Gasteiger partial charge in [-0.15, -0.1) is 11.3 Å². The van der Waals surface area contributed by atoms with Crippen molar-refractivity contribution in [2.24, 2.45) is 0 Å². The Morgan fingerprint density at radius 3 is 2.83 bits per heavy atom. The van der Waals surface area contributed by atoms with Crippen molar-refractivity contribution in [3.63, 3.8) is 0 Å². The van der Waals surface area contributed by atoms with Crippen molar-refractivity contribution in [3.05, 3.63) is 45.8 Å². The van der Waals surface area contributed by atoms with E-state index in [1.54, 1.807) is 35.6 Å². The normalized spacial score (nSPS) is 13.2. The molecule has 1 aliphatic carbocycles. The van der Waals surface area contributed by atoms with Gasteiger partial charge in [-0.05, 0) is 61.9 Å². The number of thiophene rings is 1. The molecule has 126 valence electrons. The molecule has 3 rings (SSSR count). The summed E-state index contributed by atoms with van der Waals surface area (Å²) in [6.45, 7) is 1.63. The van der Waals surface area contributed by atoms with Crippen molar-refractivity contribution < 1.29 is 19.4 Å². The average molecular weight is 345 g/mol. The van der Waals surface area contributed by atoms with Gasteiger partial charge in [-0.3, -0.25) is 4.79 Å². The van der Waals surface area contributed by atoms with E-state index >= 15 is 0 Å². The number of nitrogens with one attached hydrogen (secondary N) is 1. The van der Waals surface area contributed by atoms with Crippen LogP contribution in [0.1, 0.15) is 39.2 Å². The highest BCUT2D eigenvalue weighted by Crippen LogP contribution is 2.37. The van der Waals surface area contributed by atoms with Gasteiger partial charge in [0.05, 0.1) is 5.00 Å². The first-order valence-electron chi connectivity index (χ1n) is 7.91. The predicted octanol–water partition coefficient (Wildman–Crippen LogP) is 3.65. The predicted molar refractivity (Wildman–Crippen MR) is 93.2 cm³/mol. The molecule has 24 heavy (non-hydrogen) atoms. The number of rotatable bonds is 5. The Kier molecular flexibility index (Phi) is 4.85. The molecule has 1 aromatic heterocycles. The van der Waals surface area contributed by atoms with Gasteiger partial charge in [0.2, 0.25) is 0 Å². The van der Waals surface area contributed by atoms with E-state index in [2.05, 4.69) is 12.2 Å². The van der Waals surface area contributed by atoms with Crippen molar-refractivity contribution in [2.45, 2.75) is 32.6 Å². The van der Waals surface area contributed by atoms with Gasteiger partial charge in [0.15, 0.2) is 6.61 Å². The zero-order valence-electron chi connectivity index (χ0n) is 13.4. The van der Waals surface area contributed by atoms with Crippen LogP contribution in [-0.4, -0.2) is 23.6 Å². The minimum absolute atomic E-state index is 0.211. The third kappa shape index (κ3) is 3.59. The van der Waals surface area contributed by atoms with Gasteiger partial charge < -0.3 is 15.2 Å². The van der Waals surface area contributed by atoms with Crippen LogP contribution >= 0.6 is 11.3 Å². The van der Waals surface area contributed by atoms with Gasteiger partial charge in [0.25, 0.3) is 5.91 Å². The van der Waals surface area contributed by atoms with Crippen LogP contribution in [0.3, 0.4) is 0 Å². The van der Waals surface area contributed by atoms with Crippen LogP contribution < -0.4 is 10.1 Å². The Balaban J connectivity index is 1.74. The molecule has 0 radical (unpaired) electrons. The molecule has 0 fully saturated rings. The highest BCUT2D eigenvalue weighted by molar-refractivity contribution is 7.16. The van der Waals surface area contributed by atoms with E-state index < -0.39 is 12.6 Å². The van der Waals surface area contributed by atoms with Gasteiger partial charge in [0.1, 0.15) is 5.75 Å². The van der Waals surface area contributed by atoms with E-state index in [0.717, 1.165) is 17.8 Å². The van der Waals surface area contributed by atoms with E-state index in [4.69, 9.17) is 9.84 Å². The molecule has 0 saturated carbocycles. The lowest BCUT2D eigenvalue weighted by molar-refractivity contribution is -0.139. The Hall–Kier alpha value is -2.34. The molecule has 0 atom stereocenters. The van der Waals surface area contributed by atoms with Crippen LogP contribution in [0.15, 0.2) is 24.3 Å². The van der Waals surface area contributed by atoms with Crippen molar-refractivity contribution in [2.75, 3.05) is 11.9 Å². The first-order valence-corrected chi connectivity index (χ1v) is 8.73. The maximum absolute atomic E-state index is 12.5. The summed E-state index contributed by atoms with van der Waals surface area (Å²) in [6.07, 6.45) is 4.60. The second-order valence-corrected chi connectivity index (χ2v) is 6.93. The van der Waals surface area contributed by atoms with Crippen molar-refractivity contribution >= 4 is 28.2 Å². The maximum Gasteiger partial charge on any atom is 0.341 e. The molecule has 5 nitrogen and oxygen atoms in total. The van der Waals surface area contributed by atoms with Gasteiger partial charge >= 0.3 is 5.97 Å². The summed E-state index contributed by atoms with van der Waals surface area (Å²) in [7, 11) is 0. The molecule has 0 unspecified atom stereocenters. The molecule has 1 aromatic carbocycles. The summed E-state index contributed by atoms with van der Waals surface area (Å²) in [4.78, 5) is 24.4. The fraction of sp³-hybridized carbons (Fsp3) is 0.333. The fourth-order valence-corrected chi connectivity index (χ4v) is 4.18. The van der Waals surface area contributed by atoms with E-state index in [9.17, 15) is 9.59 Å². The number of carbonyl (C=O) groups is 2. The van der Waals surface area contributed by atoms with Crippen molar-refractivity contribution in [3.8, 4) is 5.75 Å². The van der Waals surface area contributed by atoms with E-state index in [1.165, 1.54) is 28.8 Å². The number of anilines is 1. The Morgan fingerprint density at radius 1 is 1.29 bits per heavy atom. The molecule has 2 aromatic rings. The summed E-state index contributed by atoms with van der Waals surface area (Å²) < 4.78 is 5.12. The fourth-order valence-electron chi connectivity index (χ4n) is 2.89. The largest absolute Gasteiger partial charge is 0.482 e. The first-order chi connectivity index (χ1) is 11.5. The molecule has 2 N–H and O–H groups in total. The molecule has 0 spiro atoms. The molecule has 0 aliphatic heterocycles. The third-order valence-electron chi connectivity index (χ3n) is 4.12. The van der Waals surface area contributed by atoms with Crippen LogP contribution in [-0.2, 0) is 17.6 Å². The molecule has 1 aliphatic rings. The summed E-state index contributed by atoms with van der Waals surface area (Å²) >= 11 is 1.66. The monoisotopic (exact) mass is 345 g/mol. The third-order valence-corrected chi connectivity index (χ3v) is 5.43. The summed E-state index contributed by atoms with van der Waals surface area (Å²) in [5.41, 5.74) is 3.00. The van der Waals surface area contributed by atoms with Gasteiger partial charge in [-0.2, -0.15) is 0 Å². The van der Waals surface area contributed by atoms with Crippen LogP contribution in [0.2, 0.25) is 0 Å². The van der Waals surface area contributed by atoms with E-state index in [1.807, 2.05) is 0 Å². The minimum Gasteiger partial charge on any atom is -0.482 e. The SMILES string of the molecule is Cc1c(NC(=O)c2cccc(OCC(=O)O)c2)sc2c1CCCC2. The molecule has 0 saturated heterocycles. The lowest BCUT2D eigenvalue weighted by atomic mass is 9.96. The van der Waals surface area contributed by atoms with Gasteiger partial charge in [-0.1, -0.05) is 6.07 Å². The smallest absolute Gasteiger partial charge is 0.341 e. The van der Waals surface area contributed by atoms with Crippen LogP contribution in [0, 0.1) is 6.92 Å². The van der Waals surface area contributed by atoms with Gasteiger partial charge in [-0.25, -0.2) is 4.79 Å².